The molecule has 4 aromatic rings. The van der Waals surface area contributed by atoms with Crippen LogP contribution >= 0.6 is 23.1 Å². The third-order valence-electron chi connectivity index (χ3n) is 5.19. The van der Waals surface area contributed by atoms with Crippen LogP contribution in [0.4, 0.5) is 5.82 Å². The van der Waals surface area contributed by atoms with Gasteiger partial charge in [0.1, 0.15) is 10.6 Å². The molecule has 5 rings (SSSR count). The van der Waals surface area contributed by atoms with Crippen molar-refractivity contribution in [1.29, 1.82) is 0 Å². The van der Waals surface area contributed by atoms with Gasteiger partial charge in [-0.15, -0.1) is 16.4 Å². The Morgan fingerprint density at radius 1 is 1.19 bits per heavy atom. The summed E-state index contributed by atoms with van der Waals surface area (Å²) in [4.78, 5) is 22.5. The number of aliphatic carboxylic acids is 1. The Morgan fingerprint density at radius 3 is 2.81 bits per heavy atom. The predicted octanol–water partition coefficient (Wildman–Crippen LogP) is 3.49. The number of thioether (sulfide) groups is 1. The van der Waals surface area contributed by atoms with E-state index >= 15 is 0 Å². The molecule has 3 heterocycles. The zero-order chi connectivity index (χ0) is 22.1. The van der Waals surface area contributed by atoms with Crippen molar-refractivity contribution in [2.24, 2.45) is 0 Å². The highest BCUT2D eigenvalue weighted by atomic mass is 32.2. The summed E-state index contributed by atoms with van der Waals surface area (Å²) < 4.78 is 7.04. The summed E-state index contributed by atoms with van der Waals surface area (Å²) in [7, 11) is 0. The number of aromatic nitrogens is 5. The molecular weight excluding hydrogens is 448 g/mol. The highest BCUT2D eigenvalue weighted by Gasteiger charge is 2.21. The van der Waals surface area contributed by atoms with Crippen molar-refractivity contribution in [1.82, 2.24) is 24.7 Å². The zero-order valence-electron chi connectivity index (χ0n) is 17.0. The first-order valence-electron chi connectivity index (χ1n) is 10.1. The zero-order valence-corrected chi connectivity index (χ0v) is 18.7. The van der Waals surface area contributed by atoms with Gasteiger partial charge in [-0.05, 0) is 43.4 Å². The normalized spacial score (nSPS) is 13.2. The molecule has 0 saturated heterocycles. The second-order valence-electron chi connectivity index (χ2n) is 7.32. The quantitative estimate of drug-likeness (QED) is 0.309. The first kappa shape index (κ1) is 20.7. The van der Waals surface area contributed by atoms with E-state index in [1.807, 2.05) is 30.3 Å². The predicted molar refractivity (Wildman–Crippen MR) is 123 cm³/mol. The summed E-state index contributed by atoms with van der Waals surface area (Å²) in [6.07, 6.45) is 4.50. The lowest BCUT2D eigenvalue weighted by Gasteiger charge is -2.11. The largest absolute Gasteiger partial charge is 0.479 e. The Morgan fingerprint density at radius 2 is 2.00 bits per heavy atom. The molecule has 11 heteroatoms. The Labute approximate surface area is 191 Å². The molecule has 0 radical (unpaired) electrons. The van der Waals surface area contributed by atoms with Crippen molar-refractivity contribution in [3.8, 4) is 11.7 Å². The van der Waals surface area contributed by atoms with Crippen LogP contribution in [0.15, 0.2) is 35.5 Å². The molecule has 3 aromatic heterocycles. The average Bonchev–Trinajstić information content (AvgIpc) is 3.38. The summed E-state index contributed by atoms with van der Waals surface area (Å²) in [5.41, 5.74) is 8.41. The maximum absolute atomic E-state index is 10.9. The number of benzene rings is 1. The monoisotopic (exact) mass is 468 g/mol. The molecule has 0 aliphatic heterocycles. The van der Waals surface area contributed by atoms with Gasteiger partial charge in [0.05, 0.1) is 16.8 Å². The van der Waals surface area contributed by atoms with E-state index in [4.69, 9.17) is 20.6 Å². The SMILES string of the molecule is Nc1nc(SCc2nnc(OCC(=O)O)n2-c2ccccc2)nc2sc3c(c12)CCCC3. The minimum absolute atomic E-state index is 0.121. The van der Waals surface area contributed by atoms with Crippen LogP contribution in [0.2, 0.25) is 0 Å². The molecule has 0 atom stereocenters. The number of fused-ring (bicyclic) bond motifs is 3. The smallest absolute Gasteiger partial charge is 0.341 e. The molecule has 0 fully saturated rings. The summed E-state index contributed by atoms with van der Waals surface area (Å²) in [5.74, 6) is 0.439. The lowest BCUT2D eigenvalue weighted by atomic mass is 9.97. The topological polar surface area (TPSA) is 129 Å². The van der Waals surface area contributed by atoms with Gasteiger partial charge in [-0.25, -0.2) is 19.3 Å². The van der Waals surface area contributed by atoms with Crippen LogP contribution in [-0.2, 0) is 23.4 Å². The molecule has 0 amide bonds. The Balaban J connectivity index is 1.43. The maximum Gasteiger partial charge on any atom is 0.341 e. The van der Waals surface area contributed by atoms with E-state index in [0.717, 1.165) is 28.7 Å². The van der Waals surface area contributed by atoms with Gasteiger partial charge < -0.3 is 15.6 Å². The van der Waals surface area contributed by atoms with Crippen molar-refractivity contribution in [3.63, 3.8) is 0 Å². The third-order valence-corrected chi connectivity index (χ3v) is 7.22. The van der Waals surface area contributed by atoms with Gasteiger partial charge in [-0.2, -0.15) is 0 Å². The Bertz CT molecular complexity index is 1290. The number of carboxylic acid groups (broad SMARTS) is 1. The fourth-order valence-electron chi connectivity index (χ4n) is 3.81. The van der Waals surface area contributed by atoms with Crippen LogP contribution in [-0.4, -0.2) is 42.4 Å². The van der Waals surface area contributed by atoms with E-state index in [2.05, 4.69) is 15.2 Å². The highest BCUT2D eigenvalue weighted by Crippen LogP contribution is 2.38. The second-order valence-corrected chi connectivity index (χ2v) is 9.35. The molecule has 1 aromatic carbocycles. The van der Waals surface area contributed by atoms with Crippen molar-refractivity contribution in [2.75, 3.05) is 12.3 Å². The average molecular weight is 469 g/mol. The minimum atomic E-state index is -1.08. The van der Waals surface area contributed by atoms with Crippen molar-refractivity contribution >= 4 is 45.1 Å². The molecule has 3 N–H and O–H groups in total. The van der Waals surface area contributed by atoms with Gasteiger partial charge in [0.15, 0.2) is 17.6 Å². The molecule has 0 unspecified atom stereocenters. The summed E-state index contributed by atoms with van der Waals surface area (Å²) >= 11 is 3.11. The van der Waals surface area contributed by atoms with E-state index in [0.29, 0.717) is 22.6 Å². The molecule has 1 aliphatic rings. The molecule has 164 valence electrons. The van der Waals surface area contributed by atoms with Crippen molar-refractivity contribution < 1.29 is 14.6 Å². The summed E-state index contributed by atoms with van der Waals surface area (Å²) in [6, 6.07) is 9.53. The highest BCUT2D eigenvalue weighted by molar-refractivity contribution is 7.98. The fourth-order valence-corrected chi connectivity index (χ4v) is 5.90. The number of nitrogens with zero attached hydrogens (tertiary/aromatic N) is 5. The molecular formula is C21H20N6O3S2. The number of hydrogen-bond donors (Lipinski definition) is 2. The number of nitrogens with two attached hydrogens (primary N) is 1. The van der Waals surface area contributed by atoms with Gasteiger partial charge in [0.25, 0.3) is 0 Å². The number of ether oxygens (including phenoxy) is 1. The Kier molecular flexibility index (Phi) is 5.66. The van der Waals surface area contributed by atoms with Crippen molar-refractivity contribution in [3.05, 3.63) is 46.6 Å². The van der Waals surface area contributed by atoms with Gasteiger partial charge in [0.2, 0.25) is 0 Å². The standard InChI is InChI=1S/C21H20N6O3S2/c22-18-17-13-8-4-5-9-14(13)32-19(17)24-20(23-18)31-11-15-25-26-21(30-10-16(28)29)27(15)12-6-2-1-3-7-12/h1-3,6-7H,4-5,8-11H2,(H,28,29)(H2,22,23,24). The van der Waals surface area contributed by atoms with Crippen molar-refractivity contribution in [2.45, 2.75) is 36.6 Å². The van der Waals surface area contributed by atoms with Gasteiger partial charge >= 0.3 is 12.0 Å². The minimum Gasteiger partial charge on any atom is -0.479 e. The van der Waals surface area contributed by atoms with Crippen LogP contribution in [0, 0.1) is 0 Å². The van der Waals surface area contributed by atoms with Crippen LogP contribution < -0.4 is 10.5 Å². The van der Waals surface area contributed by atoms with Gasteiger partial charge in [0, 0.05) is 4.88 Å². The van der Waals surface area contributed by atoms with Crippen LogP contribution in [0.3, 0.4) is 0 Å². The third kappa shape index (κ3) is 4.00. The number of aryl methyl sites for hydroxylation is 2. The number of para-hydroxylation sites is 1. The Hall–Kier alpha value is -3.18. The number of carboxylic acids is 1. The van der Waals surface area contributed by atoms with E-state index < -0.39 is 12.6 Å². The lowest BCUT2D eigenvalue weighted by molar-refractivity contribution is -0.139. The number of anilines is 1. The molecule has 32 heavy (non-hydrogen) atoms. The van der Waals surface area contributed by atoms with Gasteiger partial charge in [-0.3, -0.25) is 0 Å². The summed E-state index contributed by atoms with van der Waals surface area (Å²) in [6.45, 7) is -0.503. The van der Waals surface area contributed by atoms with E-state index in [9.17, 15) is 4.79 Å². The van der Waals surface area contributed by atoms with Gasteiger partial charge in [-0.1, -0.05) is 35.1 Å². The van der Waals surface area contributed by atoms with Crippen LogP contribution in [0.1, 0.15) is 29.1 Å². The molecule has 1 aliphatic carbocycles. The number of rotatable bonds is 7. The fraction of sp³-hybridized carbons (Fsp3) is 0.286. The molecule has 0 spiro atoms. The first-order chi connectivity index (χ1) is 15.6. The number of hydrogen-bond acceptors (Lipinski definition) is 9. The van der Waals surface area contributed by atoms with E-state index in [1.54, 1.807) is 15.9 Å². The molecule has 0 bridgehead atoms. The summed E-state index contributed by atoms with van der Waals surface area (Å²) in [5, 5.41) is 18.8. The second kappa shape index (κ2) is 8.75. The number of carbonyl (C=O) groups is 1. The van der Waals surface area contributed by atoms with Crippen LogP contribution in [0.25, 0.3) is 15.9 Å². The lowest BCUT2D eigenvalue weighted by Crippen LogP contribution is -2.13. The number of thiophene rings is 1. The van der Waals surface area contributed by atoms with Crippen LogP contribution in [0.5, 0.6) is 6.01 Å². The molecule has 0 saturated carbocycles. The maximum atomic E-state index is 10.9. The van der Waals surface area contributed by atoms with E-state index in [-0.39, 0.29) is 6.01 Å². The molecule has 9 nitrogen and oxygen atoms in total. The number of nitrogen functional groups attached to an aromatic ring is 1. The van der Waals surface area contributed by atoms with E-state index in [1.165, 1.54) is 35.0 Å². The first-order valence-corrected chi connectivity index (χ1v) is 11.9.